The van der Waals surface area contributed by atoms with Crippen LogP contribution in [0.2, 0.25) is 0 Å². The number of amidine groups is 1. The van der Waals surface area contributed by atoms with Crippen molar-refractivity contribution < 1.29 is 9.94 Å². The highest BCUT2D eigenvalue weighted by molar-refractivity contribution is 9.10. The lowest BCUT2D eigenvalue weighted by Gasteiger charge is -2.24. The van der Waals surface area contributed by atoms with Gasteiger partial charge in [-0.3, -0.25) is 0 Å². The fraction of sp³-hybridized carbons (Fsp3) is 0.133. The zero-order valence-corrected chi connectivity index (χ0v) is 13.3. The molecule has 0 spiro atoms. The van der Waals surface area contributed by atoms with Crippen molar-refractivity contribution in [1.29, 1.82) is 0 Å². The summed E-state index contributed by atoms with van der Waals surface area (Å²) in [4.78, 5) is 1.93. The summed E-state index contributed by atoms with van der Waals surface area (Å²) in [5.74, 6) is 0.793. The fourth-order valence-corrected chi connectivity index (χ4v) is 2.46. The van der Waals surface area contributed by atoms with Gasteiger partial charge in [0.05, 0.1) is 18.5 Å². The van der Waals surface area contributed by atoms with Crippen LogP contribution in [-0.4, -0.2) is 25.2 Å². The van der Waals surface area contributed by atoms with Crippen LogP contribution in [0.15, 0.2) is 52.1 Å². The molecule has 0 aromatic heterocycles. The normalized spacial score (nSPS) is 11.3. The molecule has 0 saturated heterocycles. The molecular weight excluding hydrogens is 334 g/mol. The SMILES string of the molecule is COc1ccccc1N(C)c1ccc(Br)cc1/C(N)=N/O. The van der Waals surface area contributed by atoms with E-state index in [0.29, 0.717) is 5.56 Å². The maximum Gasteiger partial charge on any atom is 0.172 e. The molecule has 2 rings (SSSR count). The molecule has 0 heterocycles. The lowest BCUT2D eigenvalue weighted by atomic mass is 10.1. The number of oxime groups is 1. The van der Waals surface area contributed by atoms with Crippen molar-refractivity contribution in [3.8, 4) is 5.75 Å². The number of hydrogen-bond donors (Lipinski definition) is 2. The molecule has 5 nitrogen and oxygen atoms in total. The molecule has 21 heavy (non-hydrogen) atoms. The molecule has 3 N–H and O–H groups in total. The van der Waals surface area contributed by atoms with Crippen LogP contribution in [0, 0.1) is 0 Å². The van der Waals surface area contributed by atoms with E-state index < -0.39 is 0 Å². The first-order chi connectivity index (χ1) is 10.1. The third kappa shape index (κ3) is 3.11. The molecule has 0 radical (unpaired) electrons. The number of nitrogens with zero attached hydrogens (tertiary/aromatic N) is 2. The second-order valence-electron chi connectivity index (χ2n) is 4.38. The van der Waals surface area contributed by atoms with Crippen molar-refractivity contribution in [3.63, 3.8) is 0 Å². The molecule has 2 aromatic carbocycles. The van der Waals surface area contributed by atoms with Gasteiger partial charge in [0.15, 0.2) is 5.84 Å². The molecule has 0 saturated carbocycles. The minimum atomic E-state index is 0.0491. The number of hydrogen-bond acceptors (Lipinski definition) is 4. The van der Waals surface area contributed by atoms with Crippen LogP contribution in [-0.2, 0) is 0 Å². The maximum absolute atomic E-state index is 8.96. The van der Waals surface area contributed by atoms with Crippen LogP contribution in [0.3, 0.4) is 0 Å². The number of ether oxygens (including phenoxy) is 1. The van der Waals surface area contributed by atoms with Crippen molar-refractivity contribution in [2.24, 2.45) is 10.9 Å². The number of rotatable bonds is 4. The van der Waals surface area contributed by atoms with Crippen molar-refractivity contribution in [3.05, 3.63) is 52.5 Å². The van der Waals surface area contributed by atoms with Crippen LogP contribution >= 0.6 is 15.9 Å². The van der Waals surface area contributed by atoms with Gasteiger partial charge in [-0.15, -0.1) is 0 Å². The Labute approximate surface area is 131 Å². The third-order valence-electron chi connectivity index (χ3n) is 3.15. The lowest BCUT2D eigenvalue weighted by molar-refractivity contribution is 0.318. The number of halogens is 1. The molecular formula is C15H16BrN3O2. The predicted octanol–water partition coefficient (Wildman–Crippen LogP) is 3.32. The Morgan fingerprint density at radius 2 is 1.95 bits per heavy atom. The number of benzene rings is 2. The van der Waals surface area contributed by atoms with Crippen LogP contribution < -0.4 is 15.4 Å². The Balaban J connectivity index is 2.55. The van der Waals surface area contributed by atoms with Gasteiger partial charge in [0.1, 0.15) is 5.75 Å². The van der Waals surface area contributed by atoms with Gasteiger partial charge < -0.3 is 20.6 Å². The number of nitrogens with two attached hydrogens (primary N) is 1. The Morgan fingerprint density at radius 3 is 2.62 bits per heavy atom. The van der Waals surface area contributed by atoms with Crippen molar-refractivity contribution in [1.82, 2.24) is 0 Å². The highest BCUT2D eigenvalue weighted by atomic mass is 79.9. The molecule has 2 aromatic rings. The first-order valence-electron chi connectivity index (χ1n) is 6.22. The average molecular weight is 350 g/mol. The zero-order valence-electron chi connectivity index (χ0n) is 11.7. The molecule has 0 unspecified atom stereocenters. The molecule has 0 fully saturated rings. The summed E-state index contributed by atoms with van der Waals surface area (Å²) < 4.78 is 6.22. The van der Waals surface area contributed by atoms with Gasteiger partial charge in [-0.2, -0.15) is 0 Å². The maximum atomic E-state index is 8.96. The number of para-hydroxylation sites is 2. The minimum absolute atomic E-state index is 0.0491. The molecule has 0 amide bonds. The largest absolute Gasteiger partial charge is 0.495 e. The Hall–Kier alpha value is -2.21. The van der Waals surface area contributed by atoms with Crippen molar-refractivity contribution >= 4 is 33.1 Å². The van der Waals surface area contributed by atoms with Crippen LogP contribution in [0.1, 0.15) is 5.56 Å². The number of anilines is 2. The van der Waals surface area contributed by atoms with Gasteiger partial charge in [0, 0.05) is 17.1 Å². The summed E-state index contributed by atoms with van der Waals surface area (Å²) in [6.07, 6.45) is 0. The zero-order chi connectivity index (χ0) is 15.4. The number of methoxy groups -OCH3 is 1. The molecule has 110 valence electrons. The molecule has 0 aliphatic rings. The Kier molecular flexibility index (Phi) is 4.70. The predicted molar refractivity (Wildman–Crippen MR) is 87.7 cm³/mol. The lowest BCUT2D eigenvalue weighted by Crippen LogP contribution is -2.20. The van der Waals surface area contributed by atoms with E-state index in [0.717, 1.165) is 21.6 Å². The summed E-state index contributed by atoms with van der Waals surface area (Å²) in [5, 5.41) is 12.1. The van der Waals surface area contributed by atoms with Gasteiger partial charge in [-0.25, -0.2) is 0 Å². The summed E-state index contributed by atoms with van der Waals surface area (Å²) >= 11 is 3.39. The Morgan fingerprint density at radius 1 is 1.24 bits per heavy atom. The quantitative estimate of drug-likeness (QED) is 0.384. The van der Waals surface area contributed by atoms with Crippen molar-refractivity contribution in [2.45, 2.75) is 0 Å². The van der Waals surface area contributed by atoms with E-state index in [9.17, 15) is 0 Å². The second-order valence-corrected chi connectivity index (χ2v) is 5.29. The van der Waals surface area contributed by atoms with Crippen LogP contribution in [0.4, 0.5) is 11.4 Å². The Bertz CT molecular complexity index is 674. The fourth-order valence-electron chi connectivity index (χ4n) is 2.10. The van der Waals surface area contributed by atoms with Crippen molar-refractivity contribution in [2.75, 3.05) is 19.1 Å². The van der Waals surface area contributed by atoms with E-state index in [1.54, 1.807) is 13.2 Å². The van der Waals surface area contributed by atoms with E-state index in [-0.39, 0.29) is 5.84 Å². The minimum Gasteiger partial charge on any atom is -0.495 e. The first-order valence-corrected chi connectivity index (χ1v) is 7.02. The van der Waals surface area contributed by atoms with Crippen LogP contribution in [0.5, 0.6) is 5.75 Å². The average Bonchev–Trinajstić information content (AvgIpc) is 2.53. The summed E-state index contributed by atoms with van der Waals surface area (Å²) in [5.41, 5.74) is 8.08. The van der Waals surface area contributed by atoms with E-state index in [2.05, 4.69) is 21.1 Å². The topological polar surface area (TPSA) is 71.1 Å². The van der Waals surface area contributed by atoms with Crippen LogP contribution in [0.25, 0.3) is 0 Å². The third-order valence-corrected chi connectivity index (χ3v) is 3.64. The molecule has 6 heteroatoms. The highest BCUT2D eigenvalue weighted by Crippen LogP contribution is 2.34. The second kappa shape index (κ2) is 6.49. The van der Waals surface area contributed by atoms with Gasteiger partial charge in [0.25, 0.3) is 0 Å². The van der Waals surface area contributed by atoms with Gasteiger partial charge >= 0.3 is 0 Å². The smallest absolute Gasteiger partial charge is 0.172 e. The molecule has 0 bridgehead atoms. The van der Waals surface area contributed by atoms with E-state index in [1.807, 2.05) is 48.3 Å². The highest BCUT2D eigenvalue weighted by Gasteiger charge is 2.15. The van der Waals surface area contributed by atoms with E-state index in [4.69, 9.17) is 15.7 Å². The van der Waals surface area contributed by atoms with Gasteiger partial charge in [0.2, 0.25) is 0 Å². The summed E-state index contributed by atoms with van der Waals surface area (Å²) in [7, 11) is 3.52. The summed E-state index contributed by atoms with van der Waals surface area (Å²) in [6, 6.07) is 13.2. The molecule has 0 aliphatic heterocycles. The standard InChI is InChI=1S/C15H16BrN3O2/c1-19(13-5-3-4-6-14(13)21-2)12-8-7-10(16)9-11(12)15(17)18-20/h3-9,20H,1-2H3,(H2,17,18). The van der Waals surface area contributed by atoms with Gasteiger partial charge in [-0.1, -0.05) is 33.2 Å². The van der Waals surface area contributed by atoms with Gasteiger partial charge in [-0.05, 0) is 30.3 Å². The van der Waals surface area contributed by atoms with E-state index >= 15 is 0 Å². The monoisotopic (exact) mass is 349 g/mol. The first kappa shape index (κ1) is 15.2. The molecule has 0 atom stereocenters. The summed E-state index contributed by atoms with van der Waals surface area (Å²) in [6.45, 7) is 0. The van der Waals surface area contributed by atoms with E-state index in [1.165, 1.54) is 0 Å². The molecule has 0 aliphatic carbocycles.